The Bertz CT molecular complexity index is 634. The van der Waals surface area contributed by atoms with Crippen LogP contribution >= 0.6 is 0 Å². The van der Waals surface area contributed by atoms with E-state index in [4.69, 9.17) is 0 Å². The first-order valence-corrected chi connectivity index (χ1v) is 6.38. The Morgan fingerprint density at radius 2 is 1.76 bits per heavy atom. The van der Waals surface area contributed by atoms with Gasteiger partial charge in [0.1, 0.15) is 5.82 Å². The van der Waals surface area contributed by atoms with Crippen LogP contribution in [0.1, 0.15) is 28.4 Å². The fourth-order valence-corrected chi connectivity index (χ4v) is 2.13. The Balaban J connectivity index is 2.28. The van der Waals surface area contributed by atoms with Crippen LogP contribution in [0.25, 0.3) is 0 Å². The predicted octanol–water partition coefficient (Wildman–Crippen LogP) is 4.43. The van der Waals surface area contributed by atoms with Gasteiger partial charge in [0.25, 0.3) is 0 Å². The molecule has 1 atom stereocenters. The molecule has 0 fully saturated rings. The van der Waals surface area contributed by atoms with E-state index in [2.05, 4.69) is 0 Å². The molecule has 2 rings (SSSR count). The minimum absolute atomic E-state index is 0.0481. The molecule has 1 N–H and O–H groups in total. The van der Waals surface area contributed by atoms with Crippen molar-refractivity contribution in [3.63, 3.8) is 0 Å². The summed E-state index contributed by atoms with van der Waals surface area (Å²) in [6, 6.07) is 9.86. The van der Waals surface area contributed by atoms with E-state index in [1.807, 2.05) is 19.1 Å². The van der Waals surface area contributed by atoms with Crippen molar-refractivity contribution in [1.82, 2.24) is 0 Å². The summed E-state index contributed by atoms with van der Waals surface area (Å²) in [5, 5.41) is 10.1. The van der Waals surface area contributed by atoms with Gasteiger partial charge in [-0.25, -0.2) is 4.39 Å². The highest BCUT2D eigenvalue weighted by Crippen LogP contribution is 2.33. The monoisotopic (exact) mass is 298 g/mol. The second-order valence-electron chi connectivity index (χ2n) is 4.88. The van der Waals surface area contributed by atoms with E-state index in [0.717, 1.165) is 17.2 Å². The SMILES string of the molecule is Cc1ccccc1CC(O)c1ccc(F)c(C(F)(F)F)c1. The number of hydrogen-bond donors (Lipinski definition) is 1. The van der Waals surface area contributed by atoms with Crippen molar-refractivity contribution in [3.8, 4) is 0 Å². The number of alkyl halides is 3. The number of aliphatic hydroxyl groups is 1. The van der Waals surface area contributed by atoms with Crippen molar-refractivity contribution in [2.24, 2.45) is 0 Å². The Kier molecular flexibility index (Phi) is 4.32. The maximum absolute atomic E-state index is 13.2. The lowest BCUT2D eigenvalue weighted by molar-refractivity contribution is -0.140. The number of aryl methyl sites for hydroxylation is 1. The van der Waals surface area contributed by atoms with Crippen molar-refractivity contribution < 1.29 is 22.7 Å². The molecule has 112 valence electrons. The van der Waals surface area contributed by atoms with E-state index >= 15 is 0 Å². The molecule has 0 aliphatic rings. The summed E-state index contributed by atoms with van der Waals surface area (Å²) >= 11 is 0. The molecular weight excluding hydrogens is 284 g/mol. The molecular formula is C16H14F4O. The van der Waals surface area contributed by atoms with E-state index < -0.39 is 23.7 Å². The first-order valence-electron chi connectivity index (χ1n) is 6.38. The van der Waals surface area contributed by atoms with Gasteiger partial charge in [0.2, 0.25) is 0 Å². The van der Waals surface area contributed by atoms with Gasteiger partial charge in [-0.2, -0.15) is 13.2 Å². The van der Waals surface area contributed by atoms with Gasteiger partial charge in [0.15, 0.2) is 0 Å². The van der Waals surface area contributed by atoms with Crippen LogP contribution in [0.15, 0.2) is 42.5 Å². The first kappa shape index (κ1) is 15.5. The highest BCUT2D eigenvalue weighted by Gasteiger charge is 2.34. The van der Waals surface area contributed by atoms with Crippen molar-refractivity contribution >= 4 is 0 Å². The third kappa shape index (κ3) is 3.61. The molecule has 0 spiro atoms. The van der Waals surface area contributed by atoms with Crippen LogP contribution in [0.3, 0.4) is 0 Å². The van der Waals surface area contributed by atoms with E-state index in [9.17, 15) is 22.7 Å². The topological polar surface area (TPSA) is 20.2 Å². The summed E-state index contributed by atoms with van der Waals surface area (Å²) in [6.45, 7) is 1.86. The molecule has 2 aromatic carbocycles. The minimum Gasteiger partial charge on any atom is -0.388 e. The summed E-state index contributed by atoms with van der Waals surface area (Å²) in [5.74, 6) is -1.34. The summed E-state index contributed by atoms with van der Waals surface area (Å²) in [6.07, 6.45) is -5.72. The van der Waals surface area contributed by atoms with Crippen LogP contribution in [0.2, 0.25) is 0 Å². The molecule has 0 aromatic heterocycles. The van der Waals surface area contributed by atoms with Gasteiger partial charge in [-0.1, -0.05) is 30.3 Å². The molecule has 0 saturated carbocycles. The van der Waals surface area contributed by atoms with Crippen molar-refractivity contribution in [3.05, 3.63) is 70.5 Å². The third-order valence-electron chi connectivity index (χ3n) is 3.36. The standard InChI is InChI=1S/C16H14F4O/c1-10-4-2-3-5-11(10)9-15(21)12-6-7-14(17)13(8-12)16(18,19)20/h2-8,15,21H,9H2,1H3. The number of rotatable bonds is 3. The zero-order chi connectivity index (χ0) is 15.6. The molecule has 1 nitrogen and oxygen atoms in total. The van der Waals surface area contributed by atoms with Gasteiger partial charge in [0.05, 0.1) is 11.7 Å². The first-order chi connectivity index (χ1) is 9.79. The molecule has 21 heavy (non-hydrogen) atoms. The van der Waals surface area contributed by atoms with Gasteiger partial charge >= 0.3 is 6.18 Å². The Morgan fingerprint density at radius 1 is 1.10 bits per heavy atom. The second kappa shape index (κ2) is 5.85. The van der Waals surface area contributed by atoms with Crippen LogP contribution in [-0.2, 0) is 12.6 Å². The molecule has 0 aliphatic heterocycles. The average Bonchev–Trinajstić information content (AvgIpc) is 2.40. The average molecular weight is 298 g/mol. The molecule has 5 heteroatoms. The molecule has 0 aliphatic carbocycles. The van der Waals surface area contributed by atoms with E-state index in [-0.39, 0.29) is 12.0 Å². The normalized spacial score (nSPS) is 13.2. The Morgan fingerprint density at radius 3 is 2.38 bits per heavy atom. The lowest BCUT2D eigenvalue weighted by Gasteiger charge is -2.15. The second-order valence-corrected chi connectivity index (χ2v) is 4.88. The molecule has 0 bridgehead atoms. The lowest BCUT2D eigenvalue weighted by atomic mass is 9.97. The summed E-state index contributed by atoms with van der Waals surface area (Å²) in [4.78, 5) is 0. The Labute approximate surface area is 119 Å². The number of benzene rings is 2. The number of halogens is 4. The van der Waals surface area contributed by atoms with Gasteiger partial charge in [0, 0.05) is 6.42 Å². The highest BCUT2D eigenvalue weighted by molar-refractivity contribution is 5.32. The summed E-state index contributed by atoms with van der Waals surface area (Å²) in [7, 11) is 0. The van der Waals surface area contributed by atoms with E-state index in [1.165, 1.54) is 6.07 Å². The summed E-state index contributed by atoms with van der Waals surface area (Å²) < 4.78 is 51.2. The predicted molar refractivity (Wildman–Crippen MR) is 71.2 cm³/mol. The fraction of sp³-hybridized carbons (Fsp3) is 0.250. The van der Waals surface area contributed by atoms with Crippen molar-refractivity contribution in [1.29, 1.82) is 0 Å². The van der Waals surface area contributed by atoms with Crippen LogP contribution in [0, 0.1) is 12.7 Å². The highest BCUT2D eigenvalue weighted by atomic mass is 19.4. The van der Waals surface area contributed by atoms with Crippen LogP contribution in [0.5, 0.6) is 0 Å². The lowest BCUT2D eigenvalue weighted by Crippen LogP contribution is -2.11. The van der Waals surface area contributed by atoms with Gasteiger partial charge in [-0.3, -0.25) is 0 Å². The number of hydrogen-bond acceptors (Lipinski definition) is 1. The molecule has 0 saturated heterocycles. The van der Waals surface area contributed by atoms with E-state index in [0.29, 0.717) is 6.07 Å². The van der Waals surface area contributed by atoms with Crippen molar-refractivity contribution in [2.45, 2.75) is 25.6 Å². The molecule has 1 unspecified atom stereocenters. The van der Waals surface area contributed by atoms with Gasteiger partial charge in [-0.15, -0.1) is 0 Å². The minimum atomic E-state index is -4.78. The van der Waals surface area contributed by atoms with Crippen LogP contribution in [-0.4, -0.2) is 5.11 Å². The molecule has 0 heterocycles. The number of aliphatic hydroxyl groups excluding tert-OH is 1. The largest absolute Gasteiger partial charge is 0.419 e. The van der Waals surface area contributed by atoms with Crippen molar-refractivity contribution in [2.75, 3.05) is 0 Å². The maximum Gasteiger partial charge on any atom is 0.419 e. The zero-order valence-electron chi connectivity index (χ0n) is 11.3. The van der Waals surface area contributed by atoms with Crippen LogP contribution in [0.4, 0.5) is 17.6 Å². The smallest absolute Gasteiger partial charge is 0.388 e. The zero-order valence-corrected chi connectivity index (χ0v) is 11.3. The molecule has 2 aromatic rings. The third-order valence-corrected chi connectivity index (χ3v) is 3.36. The van der Waals surface area contributed by atoms with Gasteiger partial charge in [-0.05, 0) is 35.7 Å². The van der Waals surface area contributed by atoms with Crippen LogP contribution < -0.4 is 0 Å². The summed E-state index contributed by atoms with van der Waals surface area (Å²) in [5.41, 5.74) is 0.466. The molecule has 0 radical (unpaired) electrons. The quantitative estimate of drug-likeness (QED) is 0.831. The molecule has 0 amide bonds. The van der Waals surface area contributed by atoms with E-state index in [1.54, 1.807) is 12.1 Å². The Hall–Kier alpha value is -1.88. The fourth-order valence-electron chi connectivity index (χ4n) is 2.13. The van der Waals surface area contributed by atoms with Gasteiger partial charge < -0.3 is 5.11 Å². The maximum atomic E-state index is 13.2.